The van der Waals surface area contributed by atoms with Crippen molar-refractivity contribution in [1.82, 2.24) is 10.2 Å². The summed E-state index contributed by atoms with van der Waals surface area (Å²) in [5.41, 5.74) is 6.58. The minimum atomic E-state index is -0.314. The number of hydrogen-bond donors (Lipinski definition) is 2. The number of benzene rings is 1. The van der Waals surface area contributed by atoms with Crippen molar-refractivity contribution in [2.45, 2.75) is 20.3 Å². The van der Waals surface area contributed by atoms with Crippen molar-refractivity contribution >= 4 is 28.1 Å². The third-order valence-electron chi connectivity index (χ3n) is 2.76. The van der Waals surface area contributed by atoms with E-state index in [0.29, 0.717) is 28.0 Å². The molecule has 0 aliphatic rings. The number of nitrogens with two attached hydrogens (primary N) is 1. The maximum Gasteiger partial charge on any atom is 0.261 e. The van der Waals surface area contributed by atoms with Gasteiger partial charge in [0.15, 0.2) is 5.75 Å². The van der Waals surface area contributed by atoms with Crippen LogP contribution in [0.3, 0.4) is 0 Å². The molecule has 0 unspecified atom stereocenters. The smallest absolute Gasteiger partial charge is 0.261 e. The van der Waals surface area contributed by atoms with E-state index in [9.17, 15) is 4.79 Å². The zero-order valence-corrected chi connectivity index (χ0v) is 13.0. The number of amides is 1. The van der Waals surface area contributed by atoms with Crippen molar-refractivity contribution in [3.63, 3.8) is 0 Å². The first-order chi connectivity index (χ1) is 10.0. The van der Waals surface area contributed by atoms with Crippen LogP contribution in [0.25, 0.3) is 0 Å². The Hall–Kier alpha value is -2.15. The molecule has 0 bridgehead atoms. The van der Waals surface area contributed by atoms with Gasteiger partial charge in [-0.05, 0) is 18.1 Å². The van der Waals surface area contributed by atoms with Gasteiger partial charge in [-0.15, -0.1) is 10.2 Å². The van der Waals surface area contributed by atoms with E-state index in [-0.39, 0.29) is 5.91 Å². The summed E-state index contributed by atoms with van der Waals surface area (Å²) < 4.78 is 5.17. The molecular weight excluding hydrogens is 288 g/mol. The first-order valence-electron chi connectivity index (χ1n) is 6.57. The molecule has 3 N–H and O–H groups in total. The molecule has 1 heterocycles. The fourth-order valence-corrected chi connectivity index (χ4v) is 2.81. The Morgan fingerprint density at radius 3 is 2.86 bits per heavy atom. The molecule has 0 saturated heterocycles. The van der Waals surface area contributed by atoms with E-state index in [2.05, 4.69) is 29.4 Å². The Labute approximate surface area is 127 Å². The second-order valence-electron chi connectivity index (χ2n) is 4.98. The molecule has 2 aromatic rings. The van der Waals surface area contributed by atoms with Crippen LogP contribution in [0, 0.1) is 5.92 Å². The molecule has 0 saturated carbocycles. The zero-order chi connectivity index (χ0) is 15.4. The van der Waals surface area contributed by atoms with Gasteiger partial charge in [0.2, 0.25) is 5.13 Å². The van der Waals surface area contributed by atoms with E-state index in [4.69, 9.17) is 10.5 Å². The maximum absolute atomic E-state index is 12.3. The fraction of sp³-hybridized carbons (Fsp3) is 0.357. The molecule has 0 atom stereocenters. The number of carbonyl (C=O) groups excluding carboxylic acids is 1. The van der Waals surface area contributed by atoms with E-state index in [1.54, 1.807) is 18.2 Å². The SMILES string of the molecule is COc1c(N)cccc1C(=O)Nc1nnc(CC(C)C)s1. The molecule has 0 fully saturated rings. The highest BCUT2D eigenvalue weighted by Crippen LogP contribution is 2.27. The summed E-state index contributed by atoms with van der Waals surface area (Å²) in [7, 11) is 1.48. The van der Waals surface area contributed by atoms with Gasteiger partial charge in [-0.25, -0.2) is 0 Å². The van der Waals surface area contributed by atoms with E-state index in [1.807, 2.05) is 0 Å². The minimum absolute atomic E-state index is 0.314. The van der Waals surface area contributed by atoms with Crippen molar-refractivity contribution in [3.8, 4) is 5.75 Å². The molecule has 0 aliphatic heterocycles. The molecule has 21 heavy (non-hydrogen) atoms. The van der Waals surface area contributed by atoms with Gasteiger partial charge in [-0.1, -0.05) is 31.3 Å². The Bertz CT molecular complexity index is 640. The predicted molar refractivity (Wildman–Crippen MR) is 83.8 cm³/mol. The average molecular weight is 306 g/mol. The number of nitrogen functional groups attached to an aromatic ring is 1. The normalized spacial score (nSPS) is 10.7. The lowest BCUT2D eigenvalue weighted by atomic mass is 10.1. The molecule has 6 nitrogen and oxygen atoms in total. The lowest BCUT2D eigenvalue weighted by Gasteiger charge is -2.09. The number of hydrogen-bond acceptors (Lipinski definition) is 6. The number of rotatable bonds is 5. The zero-order valence-electron chi connectivity index (χ0n) is 12.2. The monoisotopic (exact) mass is 306 g/mol. The van der Waals surface area contributed by atoms with Crippen molar-refractivity contribution in [2.24, 2.45) is 5.92 Å². The van der Waals surface area contributed by atoms with Crippen molar-refractivity contribution in [2.75, 3.05) is 18.2 Å². The quantitative estimate of drug-likeness (QED) is 0.829. The average Bonchev–Trinajstić information content (AvgIpc) is 2.84. The molecule has 112 valence electrons. The topological polar surface area (TPSA) is 90.1 Å². The van der Waals surface area contributed by atoms with Crippen LogP contribution in [-0.2, 0) is 6.42 Å². The Balaban J connectivity index is 2.15. The number of ether oxygens (including phenoxy) is 1. The standard InChI is InChI=1S/C14H18N4O2S/c1-8(2)7-11-17-18-14(21-11)16-13(19)9-5-4-6-10(15)12(9)20-3/h4-6,8H,7,15H2,1-3H3,(H,16,18,19). The lowest BCUT2D eigenvalue weighted by molar-refractivity contribution is 0.102. The summed E-state index contributed by atoms with van der Waals surface area (Å²) in [5.74, 6) is 0.545. The van der Waals surface area contributed by atoms with Crippen LogP contribution in [0.1, 0.15) is 29.2 Å². The van der Waals surface area contributed by atoms with Crippen molar-refractivity contribution < 1.29 is 9.53 Å². The van der Waals surface area contributed by atoms with Crippen molar-refractivity contribution in [1.29, 1.82) is 0 Å². The van der Waals surface area contributed by atoms with Gasteiger partial charge >= 0.3 is 0 Å². The molecular formula is C14H18N4O2S. The van der Waals surface area contributed by atoms with Crippen LogP contribution in [0.4, 0.5) is 10.8 Å². The summed E-state index contributed by atoms with van der Waals surface area (Å²) in [5, 5.41) is 12.1. The fourth-order valence-electron chi connectivity index (χ4n) is 1.86. The van der Waals surface area contributed by atoms with Gasteiger partial charge in [-0.3, -0.25) is 10.1 Å². The highest BCUT2D eigenvalue weighted by Gasteiger charge is 2.16. The minimum Gasteiger partial charge on any atom is -0.494 e. The predicted octanol–water partition coefficient (Wildman–Crippen LogP) is 2.58. The lowest BCUT2D eigenvalue weighted by Crippen LogP contribution is -2.13. The van der Waals surface area contributed by atoms with Gasteiger partial charge in [0.1, 0.15) is 5.01 Å². The summed E-state index contributed by atoms with van der Waals surface area (Å²) >= 11 is 1.38. The number of aromatic nitrogens is 2. The van der Waals surface area contributed by atoms with Gasteiger partial charge in [0.25, 0.3) is 5.91 Å². The van der Waals surface area contributed by atoms with E-state index < -0.39 is 0 Å². The third-order valence-corrected chi connectivity index (χ3v) is 3.63. The number of nitrogens with zero attached hydrogens (tertiary/aromatic N) is 2. The Kier molecular flexibility index (Phi) is 4.74. The number of nitrogens with one attached hydrogen (secondary N) is 1. The molecule has 7 heteroatoms. The third kappa shape index (κ3) is 3.69. The van der Waals surface area contributed by atoms with E-state index in [0.717, 1.165) is 11.4 Å². The molecule has 0 spiro atoms. The van der Waals surface area contributed by atoms with E-state index >= 15 is 0 Å². The summed E-state index contributed by atoms with van der Waals surface area (Å²) in [6.07, 6.45) is 0.842. The highest BCUT2D eigenvalue weighted by molar-refractivity contribution is 7.15. The number of anilines is 2. The number of carbonyl (C=O) groups is 1. The second-order valence-corrected chi connectivity index (χ2v) is 6.04. The Morgan fingerprint density at radius 2 is 2.19 bits per heavy atom. The summed E-state index contributed by atoms with van der Waals surface area (Å²) in [6, 6.07) is 5.04. The van der Waals surface area contributed by atoms with Crippen LogP contribution < -0.4 is 15.8 Å². The van der Waals surface area contributed by atoms with Gasteiger partial charge in [0.05, 0.1) is 18.4 Å². The first-order valence-corrected chi connectivity index (χ1v) is 7.39. The highest BCUT2D eigenvalue weighted by atomic mass is 32.1. The molecule has 0 radical (unpaired) electrons. The van der Waals surface area contributed by atoms with Crippen LogP contribution in [0.2, 0.25) is 0 Å². The Morgan fingerprint density at radius 1 is 1.43 bits per heavy atom. The molecule has 1 aromatic carbocycles. The van der Waals surface area contributed by atoms with Crippen LogP contribution >= 0.6 is 11.3 Å². The number of methoxy groups -OCH3 is 1. The van der Waals surface area contributed by atoms with E-state index in [1.165, 1.54) is 18.4 Å². The summed E-state index contributed by atoms with van der Waals surface area (Å²) in [4.78, 5) is 12.3. The molecule has 0 aliphatic carbocycles. The van der Waals surface area contributed by atoms with Crippen LogP contribution in [0.5, 0.6) is 5.75 Å². The largest absolute Gasteiger partial charge is 0.494 e. The summed E-state index contributed by atoms with van der Waals surface area (Å²) in [6.45, 7) is 4.22. The van der Waals surface area contributed by atoms with Crippen LogP contribution in [0.15, 0.2) is 18.2 Å². The van der Waals surface area contributed by atoms with Gasteiger partial charge in [-0.2, -0.15) is 0 Å². The van der Waals surface area contributed by atoms with Crippen LogP contribution in [-0.4, -0.2) is 23.2 Å². The molecule has 1 amide bonds. The van der Waals surface area contributed by atoms with Crippen molar-refractivity contribution in [3.05, 3.63) is 28.8 Å². The van der Waals surface area contributed by atoms with Gasteiger partial charge in [0, 0.05) is 6.42 Å². The maximum atomic E-state index is 12.3. The first kappa shape index (κ1) is 15.2. The number of para-hydroxylation sites is 1. The molecule has 1 aromatic heterocycles. The second kappa shape index (κ2) is 6.53. The molecule has 2 rings (SSSR count). The van der Waals surface area contributed by atoms with Gasteiger partial charge < -0.3 is 10.5 Å².